The fourth-order valence-corrected chi connectivity index (χ4v) is 3.42. The predicted octanol–water partition coefficient (Wildman–Crippen LogP) is 2.54. The first-order valence-corrected chi connectivity index (χ1v) is 9.97. The topological polar surface area (TPSA) is 42.9 Å². The Morgan fingerprint density at radius 1 is 1.15 bits per heavy atom. The molecule has 0 bridgehead atoms. The largest absolute Gasteiger partial charge is 0.356 e. The molecule has 0 saturated carbocycles. The molecule has 2 N–H and O–H groups in total. The minimum atomic E-state index is 0.799. The van der Waals surface area contributed by atoms with Gasteiger partial charge in [-0.05, 0) is 70.0 Å². The number of aliphatic imine (C=N–C) groups is 1. The number of rotatable bonds is 8. The summed E-state index contributed by atoms with van der Waals surface area (Å²) in [5.41, 5.74) is 2.69. The van der Waals surface area contributed by atoms with Crippen molar-refractivity contribution in [3.05, 3.63) is 35.4 Å². The Hall–Kier alpha value is -1.59. The molecular formula is C21H37N5. The fraction of sp³-hybridized carbons (Fsp3) is 0.667. The van der Waals surface area contributed by atoms with Gasteiger partial charge in [0.15, 0.2) is 5.96 Å². The molecule has 0 unspecified atom stereocenters. The molecule has 1 saturated heterocycles. The molecule has 1 aromatic carbocycles. The van der Waals surface area contributed by atoms with Gasteiger partial charge in [-0.25, -0.2) is 0 Å². The van der Waals surface area contributed by atoms with Crippen molar-refractivity contribution in [1.29, 1.82) is 0 Å². The summed E-state index contributed by atoms with van der Waals surface area (Å²) in [7, 11) is 6.05. The highest BCUT2D eigenvalue weighted by atomic mass is 15.2. The van der Waals surface area contributed by atoms with E-state index in [9.17, 15) is 0 Å². The fourth-order valence-electron chi connectivity index (χ4n) is 3.42. The lowest BCUT2D eigenvalue weighted by Crippen LogP contribution is -2.39. The molecular weight excluding hydrogens is 322 g/mol. The first-order valence-electron chi connectivity index (χ1n) is 9.97. The van der Waals surface area contributed by atoms with Gasteiger partial charge < -0.3 is 20.4 Å². The first-order chi connectivity index (χ1) is 12.6. The second kappa shape index (κ2) is 11.2. The average Bonchev–Trinajstić information content (AvgIpc) is 2.63. The van der Waals surface area contributed by atoms with Gasteiger partial charge in [0.1, 0.15) is 0 Å². The second-order valence-electron chi connectivity index (χ2n) is 7.74. The van der Waals surface area contributed by atoms with Crippen LogP contribution in [0.5, 0.6) is 0 Å². The second-order valence-corrected chi connectivity index (χ2v) is 7.74. The van der Waals surface area contributed by atoms with E-state index in [1.807, 2.05) is 7.05 Å². The van der Waals surface area contributed by atoms with Crippen LogP contribution in [0.2, 0.25) is 0 Å². The van der Waals surface area contributed by atoms with Crippen molar-refractivity contribution in [2.75, 3.05) is 47.3 Å². The van der Waals surface area contributed by atoms with Gasteiger partial charge in [0.25, 0.3) is 0 Å². The Balaban J connectivity index is 1.70. The van der Waals surface area contributed by atoms with Gasteiger partial charge in [-0.2, -0.15) is 0 Å². The van der Waals surface area contributed by atoms with Crippen LogP contribution in [0.15, 0.2) is 29.3 Å². The van der Waals surface area contributed by atoms with Crippen molar-refractivity contribution < 1.29 is 0 Å². The van der Waals surface area contributed by atoms with Crippen LogP contribution in [0.1, 0.15) is 37.3 Å². The number of benzene rings is 1. The molecule has 0 amide bonds. The molecule has 5 heteroatoms. The van der Waals surface area contributed by atoms with Crippen molar-refractivity contribution in [2.45, 2.75) is 39.3 Å². The molecule has 1 aromatic rings. The van der Waals surface area contributed by atoms with Gasteiger partial charge >= 0.3 is 0 Å². The third-order valence-corrected chi connectivity index (χ3v) is 5.09. The van der Waals surface area contributed by atoms with Crippen LogP contribution in [0.25, 0.3) is 0 Å². The summed E-state index contributed by atoms with van der Waals surface area (Å²) in [6.45, 7) is 8.79. The zero-order valence-electron chi connectivity index (χ0n) is 17.1. The summed E-state index contributed by atoms with van der Waals surface area (Å²) in [6, 6.07) is 8.60. The Kier molecular flexibility index (Phi) is 8.92. The molecule has 0 aromatic heterocycles. The highest BCUT2D eigenvalue weighted by Crippen LogP contribution is 2.15. The van der Waals surface area contributed by atoms with Crippen molar-refractivity contribution in [2.24, 2.45) is 10.9 Å². The highest BCUT2D eigenvalue weighted by Gasteiger charge is 2.14. The van der Waals surface area contributed by atoms with Gasteiger partial charge in [-0.3, -0.25) is 4.99 Å². The van der Waals surface area contributed by atoms with E-state index < -0.39 is 0 Å². The van der Waals surface area contributed by atoms with E-state index in [1.165, 1.54) is 43.6 Å². The summed E-state index contributed by atoms with van der Waals surface area (Å²) in [5.74, 6) is 1.79. The van der Waals surface area contributed by atoms with Gasteiger partial charge in [0, 0.05) is 26.7 Å². The summed E-state index contributed by atoms with van der Waals surface area (Å²) in [6.07, 6.45) is 3.86. The normalized spacial score (nSPS) is 16.9. The van der Waals surface area contributed by atoms with Crippen molar-refractivity contribution in [3.8, 4) is 0 Å². The van der Waals surface area contributed by atoms with Crippen LogP contribution in [0, 0.1) is 5.92 Å². The van der Waals surface area contributed by atoms with Crippen LogP contribution < -0.4 is 10.6 Å². The van der Waals surface area contributed by atoms with Crippen LogP contribution in [-0.4, -0.2) is 63.1 Å². The van der Waals surface area contributed by atoms with E-state index in [0.29, 0.717) is 0 Å². The third kappa shape index (κ3) is 7.34. The minimum Gasteiger partial charge on any atom is -0.356 e. The lowest BCUT2D eigenvalue weighted by atomic mass is 9.99. The van der Waals surface area contributed by atoms with Gasteiger partial charge in [0.05, 0.1) is 0 Å². The molecule has 0 atom stereocenters. The van der Waals surface area contributed by atoms with Crippen molar-refractivity contribution in [1.82, 2.24) is 20.4 Å². The van der Waals surface area contributed by atoms with Gasteiger partial charge in [-0.15, -0.1) is 0 Å². The third-order valence-electron chi connectivity index (χ3n) is 5.09. The molecule has 1 aliphatic heterocycles. The first kappa shape index (κ1) is 20.7. The highest BCUT2D eigenvalue weighted by molar-refractivity contribution is 5.79. The van der Waals surface area contributed by atoms with Crippen molar-refractivity contribution >= 4 is 5.96 Å². The Bertz CT molecular complexity index is 547. The molecule has 0 spiro atoms. The number of nitrogens with one attached hydrogen (secondary N) is 2. The lowest BCUT2D eigenvalue weighted by molar-refractivity contribution is 0.191. The molecule has 1 fully saturated rings. The zero-order valence-corrected chi connectivity index (χ0v) is 17.1. The Morgan fingerprint density at radius 3 is 2.50 bits per heavy atom. The summed E-state index contributed by atoms with van der Waals surface area (Å²) in [4.78, 5) is 9.15. The quantitative estimate of drug-likeness (QED) is 0.425. The maximum absolute atomic E-state index is 4.36. The Labute approximate surface area is 159 Å². The maximum Gasteiger partial charge on any atom is 0.191 e. The molecule has 1 aliphatic rings. The summed E-state index contributed by atoms with van der Waals surface area (Å²) in [5, 5.41) is 6.90. The summed E-state index contributed by atoms with van der Waals surface area (Å²) < 4.78 is 0. The molecule has 0 aliphatic carbocycles. The molecule has 26 heavy (non-hydrogen) atoms. The van der Waals surface area contributed by atoms with E-state index in [-0.39, 0.29) is 0 Å². The average molecular weight is 360 g/mol. The predicted molar refractivity (Wildman–Crippen MR) is 111 cm³/mol. The van der Waals surface area contributed by atoms with E-state index in [0.717, 1.165) is 37.9 Å². The number of hydrogen-bond acceptors (Lipinski definition) is 3. The lowest BCUT2D eigenvalue weighted by Gasteiger charge is -2.30. The SMILES string of the molecule is CN=C(NCCCN1CCC(C)CC1)NCc1ccccc1CN(C)C. The van der Waals surface area contributed by atoms with Crippen molar-refractivity contribution in [3.63, 3.8) is 0 Å². The zero-order chi connectivity index (χ0) is 18.8. The number of nitrogens with zero attached hydrogens (tertiary/aromatic N) is 3. The van der Waals surface area contributed by atoms with Crippen LogP contribution in [0.4, 0.5) is 0 Å². The van der Waals surface area contributed by atoms with E-state index in [1.54, 1.807) is 0 Å². The molecule has 1 heterocycles. The van der Waals surface area contributed by atoms with Crippen LogP contribution >= 0.6 is 0 Å². The van der Waals surface area contributed by atoms with Gasteiger partial charge in [-0.1, -0.05) is 31.2 Å². The Morgan fingerprint density at radius 2 is 1.85 bits per heavy atom. The summed E-state index contributed by atoms with van der Waals surface area (Å²) >= 11 is 0. The molecule has 2 rings (SSSR count). The van der Waals surface area contributed by atoms with Crippen LogP contribution in [0.3, 0.4) is 0 Å². The van der Waals surface area contributed by atoms with E-state index in [4.69, 9.17) is 0 Å². The molecule has 0 radical (unpaired) electrons. The number of guanidine groups is 1. The molecule has 146 valence electrons. The monoisotopic (exact) mass is 359 g/mol. The maximum atomic E-state index is 4.36. The minimum absolute atomic E-state index is 0.799. The number of likely N-dealkylation sites (tertiary alicyclic amines) is 1. The molecule has 5 nitrogen and oxygen atoms in total. The van der Waals surface area contributed by atoms with E-state index in [2.05, 4.69) is 70.7 Å². The number of hydrogen-bond donors (Lipinski definition) is 2. The van der Waals surface area contributed by atoms with Crippen LogP contribution in [-0.2, 0) is 13.1 Å². The smallest absolute Gasteiger partial charge is 0.191 e. The van der Waals surface area contributed by atoms with E-state index >= 15 is 0 Å². The van der Waals surface area contributed by atoms with Gasteiger partial charge in [0.2, 0.25) is 0 Å². The number of piperidine rings is 1. The standard InChI is InChI=1S/C21H37N5/c1-18-10-14-26(15-11-18)13-7-12-23-21(22-2)24-16-19-8-5-6-9-20(19)17-25(3)4/h5-6,8-9,18H,7,10-17H2,1-4H3,(H2,22,23,24).